The Balaban J connectivity index is 2.32. The fourth-order valence-corrected chi connectivity index (χ4v) is 3.62. The van der Waals surface area contributed by atoms with Crippen LogP contribution in [0, 0.1) is 16.0 Å². The zero-order valence-corrected chi connectivity index (χ0v) is 16.6. The van der Waals surface area contributed by atoms with Crippen molar-refractivity contribution >= 4 is 23.5 Å². The summed E-state index contributed by atoms with van der Waals surface area (Å²) in [6.07, 6.45) is 4.29. The quantitative estimate of drug-likeness (QED) is 0.399. The molecule has 1 aromatic carbocycles. The predicted molar refractivity (Wildman–Crippen MR) is 103 cm³/mol. The topological polar surface area (TPSA) is 125 Å². The lowest BCUT2D eigenvalue weighted by Crippen LogP contribution is -2.48. The number of carbonyl (C=O) groups is 3. The summed E-state index contributed by atoms with van der Waals surface area (Å²) in [4.78, 5) is 47.6. The van der Waals surface area contributed by atoms with E-state index < -0.39 is 28.8 Å². The molecule has 0 aromatic heterocycles. The van der Waals surface area contributed by atoms with Crippen molar-refractivity contribution in [2.75, 3.05) is 14.2 Å². The summed E-state index contributed by atoms with van der Waals surface area (Å²) in [5, 5.41) is 13.7. The minimum atomic E-state index is -1.12. The molecule has 0 spiro atoms. The number of nitro benzene ring substituents is 1. The number of methoxy groups -OCH3 is 2. The molecule has 1 amide bonds. The van der Waals surface area contributed by atoms with E-state index in [1.807, 2.05) is 0 Å². The van der Waals surface area contributed by atoms with Crippen molar-refractivity contribution in [2.24, 2.45) is 5.92 Å². The number of hydrogen-bond acceptors (Lipinski definition) is 7. The Hall–Kier alpha value is -2.97. The molecule has 1 saturated carbocycles. The number of ether oxygens (including phenoxy) is 2. The normalized spacial score (nSPS) is 16.3. The van der Waals surface area contributed by atoms with E-state index in [2.05, 4.69) is 5.32 Å². The standard InChI is InChI=1S/C20H26N2O7/c1-28-17(23)12-16(13-8-10-15(11-9-13)22(26)27)18(20(25)29-2)21-19(24)14-6-4-3-5-7-14/h8-11,14,16,18H,3-7,12H2,1-2H3,(H,21,24)/t16-,18-/m1/s1. The maximum absolute atomic E-state index is 12.7. The average Bonchev–Trinajstić information content (AvgIpc) is 2.75. The van der Waals surface area contributed by atoms with Gasteiger partial charge in [0.1, 0.15) is 6.04 Å². The Morgan fingerprint density at radius 1 is 1.10 bits per heavy atom. The fraction of sp³-hybridized carbons (Fsp3) is 0.550. The summed E-state index contributed by atoms with van der Waals surface area (Å²) >= 11 is 0. The minimum Gasteiger partial charge on any atom is -0.469 e. The second-order valence-electron chi connectivity index (χ2n) is 7.08. The molecule has 29 heavy (non-hydrogen) atoms. The van der Waals surface area contributed by atoms with E-state index >= 15 is 0 Å². The van der Waals surface area contributed by atoms with E-state index in [0.29, 0.717) is 5.56 Å². The lowest BCUT2D eigenvalue weighted by molar-refractivity contribution is -0.384. The van der Waals surface area contributed by atoms with Crippen LogP contribution in [0.15, 0.2) is 24.3 Å². The highest BCUT2D eigenvalue weighted by Gasteiger charge is 2.36. The van der Waals surface area contributed by atoms with Gasteiger partial charge in [-0.25, -0.2) is 4.79 Å². The van der Waals surface area contributed by atoms with E-state index in [9.17, 15) is 24.5 Å². The van der Waals surface area contributed by atoms with Gasteiger partial charge < -0.3 is 14.8 Å². The smallest absolute Gasteiger partial charge is 0.329 e. The molecule has 1 N–H and O–H groups in total. The largest absolute Gasteiger partial charge is 0.469 e. The molecule has 2 rings (SSSR count). The minimum absolute atomic E-state index is 0.119. The van der Waals surface area contributed by atoms with Crippen LogP contribution in [0.3, 0.4) is 0 Å². The third kappa shape index (κ3) is 6.00. The number of nitrogens with one attached hydrogen (secondary N) is 1. The lowest BCUT2D eigenvalue weighted by Gasteiger charge is -2.28. The first-order valence-corrected chi connectivity index (χ1v) is 9.56. The SMILES string of the molecule is COC(=O)C[C@H](c1ccc([N+](=O)[O-])cc1)[C@@H](NC(=O)C1CCCCC1)C(=O)OC. The van der Waals surface area contributed by atoms with Gasteiger partial charge in [-0.05, 0) is 18.4 Å². The molecule has 1 aliphatic carbocycles. The van der Waals surface area contributed by atoms with Gasteiger partial charge in [0.2, 0.25) is 5.91 Å². The van der Waals surface area contributed by atoms with Crippen LogP contribution in [0.1, 0.15) is 50.0 Å². The van der Waals surface area contributed by atoms with E-state index in [4.69, 9.17) is 9.47 Å². The summed E-state index contributed by atoms with van der Waals surface area (Å²) in [6.45, 7) is 0. The van der Waals surface area contributed by atoms with Crippen LogP contribution < -0.4 is 5.32 Å². The third-order valence-corrected chi connectivity index (χ3v) is 5.28. The fourth-order valence-electron chi connectivity index (χ4n) is 3.62. The van der Waals surface area contributed by atoms with E-state index in [0.717, 1.165) is 32.1 Å². The highest BCUT2D eigenvalue weighted by atomic mass is 16.6. The maximum atomic E-state index is 12.7. The van der Waals surface area contributed by atoms with Gasteiger partial charge in [0, 0.05) is 24.0 Å². The zero-order chi connectivity index (χ0) is 21.4. The molecule has 9 nitrogen and oxygen atoms in total. The highest BCUT2D eigenvalue weighted by molar-refractivity contribution is 5.87. The van der Waals surface area contributed by atoms with Crippen LogP contribution in [0.2, 0.25) is 0 Å². The van der Waals surface area contributed by atoms with Crippen LogP contribution in [-0.4, -0.2) is 43.0 Å². The van der Waals surface area contributed by atoms with Crippen molar-refractivity contribution in [1.82, 2.24) is 5.32 Å². The summed E-state index contributed by atoms with van der Waals surface area (Å²) < 4.78 is 9.60. The van der Waals surface area contributed by atoms with Crippen molar-refractivity contribution in [2.45, 2.75) is 50.5 Å². The Bertz CT molecular complexity index is 742. The Kier molecular flexibility index (Phi) is 8.11. The van der Waals surface area contributed by atoms with Crippen molar-refractivity contribution in [3.63, 3.8) is 0 Å². The van der Waals surface area contributed by atoms with Crippen molar-refractivity contribution < 1.29 is 28.8 Å². The molecule has 1 fully saturated rings. The van der Waals surface area contributed by atoms with Gasteiger partial charge in [-0.15, -0.1) is 0 Å². The zero-order valence-electron chi connectivity index (χ0n) is 16.6. The van der Waals surface area contributed by atoms with E-state index in [-0.39, 0.29) is 23.9 Å². The van der Waals surface area contributed by atoms with Gasteiger partial charge in [0.15, 0.2) is 0 Å². The molecule has 0 heterocycles. The van der Waals surface area contributed by atoms with Gasteiger partial charge in [0.05, 0.1) is 25.6 Å². The molecule has 158 valence electrons. The van der Waals surface area contributed by atoms with Crippen LogP contribution in [0.5, 0.6) is 0 Å². The van der Waals surface area contributed by atoms with Crippen molar-refractivity contribution in [1.29, 1.82) is 0 Å². The number of nitrogens with zero attached hydrogens (tertiary/aromatic N) is 1. The second-order valence-corrected chi connectivity index (χ2v) is 7.08. The lowest BCUT2D eigenvalue weighted by atomic mass is 9.85. The maximum Gasteiger partial charge on any atom is 0.329 e. The molecular weight excluding hydrogens is 380 g/mol. The number of amides is 1. The van der Waals surface area contributed by atoms with Crippen molar-refractivity contribution in [3.8, 4) is 0 Å². The van der Waals surface area contributed by atoms with E-state index in [1.54, 1.807) is 0 Å². The van der Waals surface area contributed by atoms with Crippen LogP contribution in [0.25, 0.3) is 0 Å². The summed E-state index contributed by atoms with van der Waals surface area (Å²) in [5.74, 6) is -2.50. The predicted octanol–water partition coefficient (Wildman–Crippen LogP) is 2.48. The number of esters is 2. The number of carbonyl (C=O) groups excluding carboxylic acids is 3. The number of rotatable bonds is 8. The Morgan fingerprint density at radius 2 is 1.72 bits per heavy atom. The first-order chi connectivity index (χ1) is 13.9. The molecular formula is C20H26N2O7. The van der Waals surface area contributed by atoms with Crippen LogP contribution >= 0.6 is 0 Å². The molecule has 9 heteroatoms. The van der Waals surface area contributed by atoms with Crippen molar-refractivity contribution in [3.05, 3.63) is 39.9 Å². The van der Waals surface area contributed by atoms with Gasteiger partial charge in [-0.1, -0.05) is 31.4 Å². The summed E-state index contributed by atoms with van der Waals surface area (Å²) in [7, 11) is 2.43. The van der Waals surface area contributed by atoms with Gasteiger partial charge in [0.25, 0.3) is 5.69 Å². The van der Waals surface area contributed by atoms with E-state index in [1.165, 1.54) is 38.5 Å². The summed E-state index contributed by atoms with van der Waals surface area (Å²) in [6, 6.07) is 4.39. The molecule has 1 aromatic rings. The number of benzene rings is 1. The van der Waals surface area contributed by atoms with Gasteiger partial charge >= 0.3 is 11.9 Å². The molecule has 0 unspecified atom stereocenters. The number of nitro groups is 1. The molecule has 0 saturated heterocycles. The van der Waals surface area contributed by atoms with Crippen LogP contribution in [0.4, 0.5) is 5.69 Å². The first kappa shape index (κ1) is 22.3. The monoisotopic (exact) mass is 406 g/mol. The summed E-state index contributed by atoms with van der Waals surface area (Å²) in [5.41, 5.74) is 0.367. The van der Waals surface area contributed by atoms with Gasteiger partial charge in [-0.2, -0.15) is 0 Å². The number of non-ortho nitro benzene ring substituents is 1. The highest BCUT2D eigenvalue weighted by Crippen LogP contribution is 2.29. The molecule has 2 atom stereocenters. The second kappa shape index (κ2) is 10.5. The van der Waals surface area contributed by atoms with Crippen LogP contribution in [-0.2, 0) is 23.9 Å². The molecule has 0 bridgehead atoms. The molecule has 1 aliphatic rings. The Morgan fingerprint density at radius 3 is 2.24 bits per heavy atom. The third-order valence-electron chi connectivity index (χ3n) is 5.28. The molecule has 0 aliphatic heterocycles. The molecule has 0 radical (unpaired) electrons. The average molecular weight is 406 g/mol. The Labute approximate surface area is 168 Å². The number of hydrogen-bond donors (Lipinski definition) is 1. The first-order valence-electron chi connectivity index (χ1n) is 9.56. The van der Waals surface area contributed by atoms with Gasteiger partial charge in [-0.3, -0.25) is 19.7 Å².